The van der Waals surface area contributed by atoms with Crippen LogP contribution < -0.4 is 0 Å². The largest absolute Gasteiger partial charge is 0.287 e. The molecule has 0 saturated heterocycles. The summed E-state index contributed by atoms with van der Waals surface area (Å²) in [5.74, 6) is -0.0520. The van der Waals surface area contributed by atoms with Gasteiger partial charge in [-0.1, -0.05) is 12.1 Å². The molecule has 0 bridgehead atoms. The number of benzene rings is 1. The Morgan fingerprint density at radius 3 is 2.63 bits per heavy atom. The van der Waals surface area contributed by atoms with E-state index >= 15 is 0 Å². The fourth-order valence-electron chi connectivity index (χ4n) is 2.08. The van der Waals surface area contributed by atoms with Gasteiger partial charge in [-0.2, -0.15) is 0 Å². The number of hydrogen-bond acceptors (Lipinski definition) is 3. The maximum Gasteiger partial charge on any atom is 0.211 e. The quantitative estimate of drug-likeness (QED) is 0.654. The molecule has 2 heterocycles. The lowest BCUT2D eigenvalue weighted by molar-refractivity contribution is 0.103. The molecule has 0 aliphatic rings. The van der Waals surface area contributed by atoms with Crippen molar-refractivity contribution in [2.75, 3.05) is 0 Å². The predicted molar refractivity (Wildman–Crippen MR) is 74.1 cm³/mol. The van der Waals surface area contributed by atoms with Crippen LogP contribution in [0.4, 0.5) is 0 Å². The Morgan fingerprint density at radius 1 is 1.00 bits per heavy atom. The molecule has 2 aromatic heterocycles. The molecule has 0 radical (unpaired) electrons. The summed E-state index contributed by atoms with van der Waals surface area (Å²) in [5, 5.41) is 0.960. The number of pyridine rings is 2. The molecule has 0 aliphatic carbocycles. The molecule has 0 atom stereocenters. The van der Waals surface area contributed by atoms with Gasteiger partial charge in [0.25, 0.3) is 0 Å². The summed E-state index contributed by atoms with van der Waals surface area (Å²) < 4.78 is 0. The van der Waals surface area contributed by atoms with Gasteiger partial charge in [-0.05, 0) is 42.8 Å². The van der Waals surface area contributed by atoms with Crippen LogP contribution in [-0.4, -0.2) is 15.8 Å². The molecule has 0 aliphatic heterocycles. The molecule has 0 amide bonds. The molecule has 0 N–H and O–H groups in total. The van der Waals surface area contributed by atoms with Crippen LogP contribution in [0.5, 0.6) is 0 Å². The van der Waals surface area contributed by atoms with Gasteiger partial charge in [0, 0.05) is 23.3 Å². The Bertz CT molecular complexity index is 765. The van der Waals surface area contributed by atoms with Gasteiger partial charge in [0.1, 0.15) is 5.69 Å². The number of carbonyl (C=O) groups is 1. The number of hydrogen-bond donors (Lipinski definition) is 0. The third-order valence-corrected chi connectivity index (χ3v) is 3.09. The number of nitrogens with zero attached hydrogens (tertiary/aromatic N) is 2. The van der Waals surface area contributed by atoms with Crippen molar-refractivity contribution in [2.45, 2.75) is 6.92 Å². The Morgan fingerprint density at radius 2 is 1.79 bits per heavy atom. The van der Waals surface area contributed by atoms with Gasteiger partial charge < -0.3 is 0 Å². The third kappa shape index (κ3) is 2.10. The summed E-state index contributed by atoms with van der Waals surface area (Å²) in [6, 6.07) is 13.1. The number of fused-ring (bicyclic) bond motifs is 1. The van der Waals surface area contributed by atoms with Gasteiger partial charge in [0.2, 0.25) is 5.78 Å². The van der Waals surface area contributed by atoms with Crippen molar-refractivity contribution in [3.8, 4) is 0 Å². The number of rotatable bonds is 2. The zero-order valence-corrected chi connectivity index (χ0v) is 10.5. The molecule has 0 fully saturated rings. The summed E-state index contributed by atoms with van der Waals surface area (Å²) in [4.78, 5) is 20.8. The minimum absolute atomic E-state index is 0.0520. The Balaban J connectivity index is 2.09. The van der Waals surface area contributed by atoms with E-state index in [1.807, 2.05) is 43.3 Å². The van der Waals surface area contributed by atoms with Gasteiger partial charge in [-0.25, -0.2) is 0 Å². The SMILES string of the molecule is Cc1cccnc1C(=O)c1ccc2ncccc2c1. The second kappa shape index (κ2) is 4.61. The summed E-state index contributed by atoms with van der Waals surface area (Å²) in [6.45, 7) is 1.89. The minimum Gasteiger partial charge on any atom is -0.287 e. The molecule has 0 saturated carbocycles. The van der Waals surface area contributed by atoms with E-state index in [9.17, 15) is 4.79 Å². The smallest absolute Gasteiger partial charge is 0.211 e. The van der Waals surface area contributed by atoms with Gasteiger partial charge in [0.05, 0.1) is 5.52 Å². The third-order valence-electron chi connectivity index (χ3n) is 3.09. The van der Waals surface area contributed by atoms with Crippen LogP contribution in [0.2, 0.25) is 0 Å². The molecule has 3 rings (SSSR count). The topological polar surface area (TPSA) is 42.9 Å². The highest BCUT2D eigenvalue weighted by atomic mass is 16.1. The van der Waals surface area contributed by atoms with Gasteiger partial charge in [-0.15, -0.1) is 0 Å². The van der Waals surface area contributed by atoms with E-state index in [1.54, 1.807) is 18.5 Å². The van der Waals surface area contributed by atoms with Crippen LogP contribution in [0, 0.1) is 6.92 Å². The zero-order valence-electron chi connectivity index (χ0n) is 10.5. The molecule has 1 aromatic carbocycles. The average molecular weight is 248 g/mol. The first-order valence-electron chi connectivity index (χ1n) is 6.07. The highest BCUT2D eigenvalue weighted by Gasteiger charge is 2.13. The van der Waals surface area contributed by atoms with Crippen molar-refractivity contribution < 1.29 is 4.79 Å². The number of carbonyl (C=O) groups excluding carboxylic acids is 1. The molecule has 0 spiro atoms. The van der Waals surface area contributed by atoms with Crippen molar-refractivity contribution in [3.05, 3.63) is 71.7 Å². The lowest BCUT2D eigenvalue weighted by Gasteiger charge is -2.04. The lowest BCUT2D eigenvalue weighted by Crippen LogP contribution is -2.06. The first-order valence-corrected chi connectivity index (χ1v) is 6.07. The van der Waals surface area contributed by atoms with E-state index in [0.717, 1.165) is 16.5 Å². The first-order chi connectivity index (χ1) is 9.25. The Hall–Kier alpha value is -2.55. The Labute approximate surface area is 111 Å². The van der Waals surface area contributed by atoms with Crippen LogP contribution in [0.15, 0.2) is 54.9 Å². The van der Waals surface area contributed by atoms with Crippen LogP contribution in [0.1, 0.15) is 21.6 Å². The average Bonchev–Trinajstić information content (AvgIpc) is 2.46. The molecule has 3 heteroatoms. The van der Waals surface area contributed by atoms with Crippen molar-refractivity contribution >= 4 is 16.7 Å². The fourth-order valence-corrected chi connectivity index (χ4v) is 2.08. The second-order valence-electron chi connectivity index (χ2n) is 4.41. The summed E-state index contributed by atoms with van der Waals surface area (Å²) >= 11 is 0. The Kier molecular flexibility index (Phi) is 2.80. The van der Waals surface area contributed by atoms with E-state index in [2.05, 4.69) is 9.97 Å². The van der Waals surface area contributed by atoms with Crippen LogP contribution >= 0.6 is 0 Å². The predicted octanol–water partition coefficient (Wildman–Crippen LogP) is 3.17. The van der Waals surface area contributed by atoms with Gasteiger partial charge >= 0.3 is 0 Å². The van der Waals surface area contributed by atoms with E-state index in [-0.39, 0.29) is 5.78 Å². The number of aromatic nitrogens is 2. The normalized spacial score (nSPS) is 10.6. The van der Waals surface area contributed by atoms with E-state index in [1.165, 1.54) is 0 Å². The molecule has 19 heavy (non-hydrogen) atoms. The molecule has 0 unspecified atom stereocenters. The standard InChI is InChI=1S/C16H12N2O/c1-11-4-2-9-18-15(11)16(19)13-6-7-14-12(10-13)5-3-8-17-14/h2-10H,1H3. The maximum atomic E-state index is 12.4. The number of ketones is 1. The number of aryl methyl sites for hydroxylation is 1. The van der Waals surface area contributed by atoms with Crippen molar-refractivity contribution in [1.82, 2.24) is 9.97 Å². The summed E-state index contributed by atoms with van der Waals surface area (Å²) in [7, 11) is 0. The summed E-state index contributed by atoms with van der Waals surface area (Å²) in [5.41, 5.74) is 2.92. The highest BCUT2D eigenvalue weighted by molar-refractivity contribution is 6.10. The van der Waals surface area contributed by atoms with Gasteiger partial charge in [-0.3, -0.25) is 14.8 Å². The van der Waals surface area contributed by atoms with E-state index in [0.29, 0.717) is 11.3 Å². The van der Waals surface area contributed by atoms with Crippen LogP contribution in [-0.2, 0) is 0 Å². The van der Waals surface area contributed by atoms with Crippen LogP contribution in [0.25, 0.3) is 10.9 Å². The lowest BCUT2D eigenvalue weighted by atomic mass is 10.0. The molecular formula is C16H12N2O. The highest BCUT2D eigenvalue weighted by Crippen LogP contribution is 2.17. The molecule has 3 aromatic rings. The van der Waals surface area contributed by atoms with Crippen molar-refractivity contribution in [2.24, 2.45) is 0 Å². The molecule has 92 valence electrons. The first kappa shape index (κ1) is 11.5. The summed E-state index contributed by atoms with van der Waals surface area (Å²) in [6.07, 6.45) is 3.38. The van der Waals surface area contributed by atoms with Crippen molar-refractivity contribution in [3.63, 3.8) is 0 Å². The van der Waals surface area contributed by atoms with Gasteiger partial charge in [0.15, 0.2) is 0 Å². The minimum atomic E-state index is -0.0520. The second-order valence-corrected chi connectivity index (χ2v) is 4.41. The van der Waals surface area contributed by atoms with Crippen molar-refractivity contribution in [1.29, 1.82) is 0 Å². The fraction of sp³-hybridized carbons (Fsp3) is 0.0625. The van der Waals surface area contributed by atoms with Crippen LogP contribution in [0.3, 0.4) is 0 Å². The molecule has 3 nitrogen and oxygen atoms in total. The zero-order chi connectivity index (χ0) is 13.2. The molecular weight excluding hydrogens is 236 g/mol. The monoisotopic (exact) mass is 248 g/mol. The van der Waals surface area contributed by atoms with E-state index < -0.39 is 0 Å². The maximum absolute atomic E-state index is 12.4. The van der Waals surface area contributed by atoms with E-state index in [4.69, 9.17) is 0 Å².